The average molecular weight is 523 g/mol. The molecule has 0 bridgehead atoms. The fraction of sp³-hybridized carbons (Fsp3) is 0.647. The summed E-state index contributed by atoms with van der Waals surface area (Å²) in [5.41, 5.74) is 3.68. The fourth-order valence-electron chi connectivity index (χ4n) is 5.25. The Kier molecular flexibility index (Phi) is 12.0. The molecule has 5 unspecified atom stereocenters. The fourth-order valence-corrected chi connectivity index (χ4v) is 5.25. The van der Waals surface area contributed by atoms with Gasteiger partial charge in [0.2, 0.25) is 0 Å². The summed E-state index contributed by atoms with van der Waals surface area (Å²) in [7, 11) is 0. The first kappa shape index (κ1) is 29.1. The third-order valence-corrected chi connectivity index (χ3v) is 8.14. The molecular weight excluding hydrogens is 472 g/mol. The summed E-state index contributed by atoms with van der Waals surface area (Å²) < 4.78 is 22.7. The summed E-state index contributed by atoms with van der Waals surface area (Å²) in [6, 6.07) is 17.3. The van der Waals surface area contributed by atoms with Crippen molar-refractivity contribution in [3.8, 4) is 16.9 Å². The maximum atomic E-state index is 6.14. The molecule has 2 saturated heterocycles. The molecule has 2 aliphatic heterocycles. The largest absolute Gasteiger partial charge is 0.494 e. The smallest absolute Gasteiger partial charge is 0.119 e. The Morgan fingerprint density at radius 1 is 0.658 bits per heavy atom. The van der Waals surface area contributed by atoms with Crippen molar-refractivity contribution in [1.82, 2.24) is 0 Å². The molecule has 4 heteroatoms. The van der Waals surface area contributed by atoms with Gasteiger partial charge in [-0.15, -0.1) is 0 Å². The molecule has 2 aromatic carbocycles. The highest BCUT2D eigenvalue weighted by molar-refractivity contribution is 5.64. The summed E-state index contributed by atoms with van der Waals surface area (Å²) in [4.78, 5) is 0. The third kappa shape index (κ3) is 11.1. The van der Waals surface area contributed by atoms with Crippen LogP contribution in [-0.2, 0) is 14.2 Å². The average Bonchev–Trinajstić information content (AvgIpc) is 3.86. The number of benzene rings is 2. The summed E-state index contributed by atoms with van der Waals surface area (Å²) in [6.45, 7) is 10.5. The minimum atomic E-state index is 0.122. The van der Waals surface area contributed by atoms with Gasteiger partial charge in [-0.25, -0.2) is 0 Å². The predicted molar refractivity (Wildman–Crippen MR) is 156 cm³/mol. The van der Waals surface area contributed by atoms with Crippen LogP contribution in [0.2, 0.25) is 0 Å². The quantitative estimate of drug-likeness (QED) is 0.129. The molecule has 2 fully saturated rings. The van der Waals surface area contributed by atoms with E-state index in [0.717, 1.165) is 56.9 Å². The molecule has 0 amide bonds. The van der Waals surface area contributed by atoms with Crippen molar-refractivity contribution in [3.05, 3.63) is 54.1 Å². The molecule has 0 saturated carbocycles. The van der Waals surface area contributed by atoms with Crippen molar-refractivity contribution >= 4 is 0 Å². The number of rotatable bonds is 20. The molecule has 0 spiro atoms. The van der Waals surface area contributed by atoms with Gasteiger partial charge in [-0.05, 0) is 86.1 Å². The topological polar surface area (TPSA) is 43.5 Å². The van der Waals surface area contributed by atoms with E-state index in [1.165, 1.54) is 68.1 Å². The maximum Gasteiger partial charge on any atom is 0.119 e. The van der Waals surface area contributed by atoms with Crippen LogP contribution in [0.4, 0.5) is 0 Å². The van der Waals surface area contributed by atoms with Gasteiger partial charge < -0.3 is 18.9 Å². The van der Waals surface area contributed by atoms with Crippen molar-refractivity contribution in [3.63, 3.8) is 0 Å². The Morgan fingerprint density at radius 3 is 1.66 bits per heavy atom. The van der Waals surface area contributed by atoms with E-state index in [1.54, 1.807) is 0 Å². The number of hydrogen-bond acceptors (Lipinski definition) is 4. The zero-order valence-corrected chi connectivity index (χ0v) is 24.0. The lowest BCUT2D eigenvalue weighted by Crippen LogP contribution is -2.04. The lowest BCUT2D eigenvalue weighted by molar-refractivity contribution is 0.0609. The van der Waals surface area contributed by atoms with Crippen LogP contribution >= 0.6 is 0 Å². The molecule has 2 aromatic rings. The van der Waals surface area contributed by atoms with Gasteiger partial charge in [0.15, 0.2) is 0 Å². The Morgan fingerprint density at radius 2 is 1.13 bits per heavy atom. The third-order valence-electron chi connectivity index (χ3n) is 8.14. The number of ether oxygens (including phenoxy) is 4. The second-order valence-electron chi connectivity index (χ2n) is 11.8. The van der Waals surface area contributed by atoms with Crippen LogP contribution in [0.1, 0.15) is 96.6 Å². The molecule has 4 nitrogen and oxygen atoms in total. The van der Waals surface area contributed by atoms with E-state index in [4.69, 9.17) is 18.9 Å². The van der Waals surface area contributed by atoms with Gasteiger partial charge in [0.25, 0.3) is 0 Å². The van der Waals surface area contributed by atoms with Gasteiger partial charge in [0.1, 0.15) is 5.75 Å². The molecule has 0 aromatic heterocycles. The minimum absolute atomic E-state index is 0.122. The molecule has 210 valence electrons. The highest BCUT2D eigenvalue weighted by Gasteiger charge is 2.22. The minimum Gasteiger partial charge on any atom is -0.494 e. The number of epoxide rings is 2. The lowest BCUT2D eigenvalue weighted by atomic mass is 9.98. The van der Waals surface area contributed by atoms with Gasteiger partial charge >= 0.3 is 0 Å². The van der Waals surface area contributed by atoms with Gasteiger partial charge in [-0.1, -0.05) is 75.9 Å². The Labute approximate surface area is 231 Å². The summed E-state index contributed by atoms with van der Waals surface area (Å²) in [6.07, 6.45) is 13.6. The van der Waals surface area contributed by atoms with Crippen molar-refractivity contribution in [2.45, 2.75) is 103 Å². The zero-order chi connectivity index (χ0) is 26.6. The standard InChI is InChI=1S/C34H50O4/c1-26(8-4-12-33-24-37-33)10-6-22-35-28(3)29-14-16-30(17-15-29)31-18-20-32(21-19-31)36-23-7-11-27(2)9-5-13-34-25-38-34/h14-21,26-28,33-34H,4-13,22-25H2,1-3H3. The molecule has 4 rings (SSSR count). The lowest BCUT2D eigenvalue weighted by Gasteiger charge is -2.16. The molecule has 38 heavy (non-hydrogen) atoms. The van der Waals surface area contributed by atoms with E-state index >= 15 is 0 Å². The monoisotopic (exact) mass is 522 g/mol. The van der Waals surface area contributed by atoms with Crippen LogP contribution in [0.3, 0.4) is 0 Å². The van der Waals surface area contributed by atoms with Gasteiger partial charge in [-0.2, -0.15) is 0 Å². The van der Waals surface area contributed by atoms with E-state index in [1.807, 2.05) is 0 Å². The molecule has 5 atom stereocenters. The molecule has 2 heterocycles. The summed E-state index contributed by atoms with van der Waals surface area (Å²) in [5, 5.41) is 0. The molecule has 0 N–H and O–H groups in total. The van der Waals surface area contributed by atoms with Gasteiger partial charge in [0.05, 0.1) is 38.1 Å². The summed E-state index contributed by atoms with van der Waals surface area (Å²) in [5.74, 6) is 2.49. The normalized spacial score (nSPS) is 20.6. The maximum absolute atomic E-state index is 6.14. The Balaban J connectivity index is 1.08. The molecular formula is C34H50O4. The van der Waals surface area contributed by atoms with Crippen molar-refractivity contribution in [2.24, 2.45) is 11.8 Å². The van der Waals surface area contributed by atoms with E-state index in [0.29, 0.717) is 12.2 Å². The van der Waals surface area contributed by atoms with Crippen LogP contribution in [0.25, 0.3) is 11.1 Å². The second-order valence-corrected chi connectivity index (χ2v) is 11.8. The van der Waals surface area contributed by atoms with Crippen LogP contribution < -0.4 is 4.74 Å². The Hall–Kier alpha value is -1.88. The molecule has 0 radical (unpaired) electrons. The summed E-state index contributed by atoms with van der Waals surface area (Å²) >= 11 is 0. The first-order valence-corrected chi connectivity index (χ1v) is 15.2. The first-order valence-electron chi connectivity index (χ1n) is 15.2. The zero-order valence-electron chi connectivity index (χ0n) is 24.0. The van der Waals surface area contributed by atoms with E-state index in [-0.39, 0.29) is 6.10 Å². The molecule has 0 aliphatic carbocycles. The van der Waals surface area contributed by atoms with Gasteiger partial charge in [-0.3, -0.25) is 0 Å². The predicted octanol–water partition coefficient (Wildman–Crippen LogP) is 8.78. The highest BCUT2D eigenvalue weighted by atomic mass is 16.6. The van der Waals surface area contributed by atoms with E-state index < -0.39 is 0 Å². The SMILES string of the molecule is CC(CCCOc1ccc(-c2ccc(C(C)OCCCC(C)CCCC3CO3)cc2)cc1)CCCC1CO1. The van der Waals surface area contributed by atoms with Crippen LogP contribution in [0, 0.1) is 11.8 Å². The van der Waals surface area contributed by atoms with E-state index in [9.17, 15) is 0 Å². The van der Waals surface area contributed by atoms with Crippen LogP contribution in [-0.4, -0.2) is 38.6 Å². The van der Waals surface area contributed by atoms with Crippen molar-refractivity contribution < 1.29 is 18.9 Å². The number of hydrogen-bond donors (Lipinski definition) is 0. The first-order chi connectivity index (χ1) is 18.6. The second kappa shape index (κ2) is 15.6. The van der Waals surface area contributed by atoms with Gasteiger partial charge in [0, 0.05) is 6.61 Å². The highest BCUT2D eigenvalue weighted by Crippen LogP contribution is 2.27. The van der Waals surface area contributed by atoms with Crippen molar-refractivity contribution in [2.75, 3.05) is 26.4 Å². The van der Waals surface area contributed by atoms with Crippen molar-refractivity contribution in [1.29, 1.82) is 0 Å². The van der Waals surface area contributed by atoms with E-state index in [2.05, 4.69) is 69.3 Å². The van der Waals surface area contributed by atoms with Crippen LogP contribution in [0.15, 0.2) is 48.5 Å². The Bertz CT molecular complexity index is 901. The molecule has 2 aliphatic rings. The van der Waals surface area contributed by atoms with Crippen LogP contribution in [0.5, 0.6) is 5.75 Å².